The number of benzene rings is 3. The number of aromatic nitrogens is 3. The van der Waals surface area contributed by atoms with E-state index in [9.17, 15) is 53.7 Å². The molecule has 3 fully saturated rings. The van der Waals surface area contributed by atoms with Crippen LogP contribution < -0.4 is 81.4 Å². The van der Waals surface area contributed by atoms with E-state index in [1.165, 1.54) is 86.0 Å². The number of para-hydroxylation sites is 1. The van der Waals surface area contributed by atoms with Crippen LogP contribution in [-0.2, 0) is 107 Å². The summed E-state index contributed by atoms with van der Waals surface area (Å²) in [6.45, 7) is 3.89. The van der Waals surface area contributed by atoms with Crippen molar-refractivity contribution in [3.05, 3.63) is 119 Å². The Hall–Kier alpha value is -13.3. The highest BCUT2D eigenvalue weighted by Gasteiger charge is 2.47. The molecule has 3 aliphatic heterocycles. The van der Waals surface area contributed by atoms with Gasteiger partial charge in [0.2, 0.25) is 94.5 Å². The van der Waals surface area contributed by atoms with E-state index >= 15 is 43.2 Å². The normalized spacial score (nSPS) is 24.3. The first-order valence-electron chi connectivity index (χ1n) is 47.3. The lowest BCUT2D eigenvalue weighted by Crippen LogP contribution is -2.61. The summed E-state index contributed by atoms with van der Waals surface area (Å²) in [6, 6.07) is -1.53. The number of aliphatic carboxylic acids is 1. The van der Waals surface area contributed by atoms with E-state index in [0.29, 0.717) is 66.1 Å². The van der Waals surface area contributed by atoms with Gasteiger partial charge < -0.3 is 131 Å². The van der Waals surface area contributed by atoms with Crippen molar-refractivity contribution in [3.63, 3.8) is 0 Å². The van der Waals surface area contributed by atoms with Gasteiger partial charge in [-0.25, -0.2) is 4.98 Å². The third kappa shape index (κ3) is 31.6. The quantitative estimate of drug-likeness (QED) is 0.0136. The number of hydrogen-bond acceptors (Lipinski definition) is 25. The summed E-state index contributed by atoms with van der Waals surface area (Å²) in [5.41, 5.74) is 25.6. The molecule has 762 valence electrons. The van der Waals surface area contributed by atoms with Crippen LogP contribution in [0.15, 0.2) is 96.9 Å². The Labute approximate surface area is 819 Å². The molecule has 3 aromatic heterocycles. The van der Waals surface area contributed by atoms with Crippen molar-refractivity contribution >= 4 is 151 Å². The monoisotopic (exact) mass is 1980 g/mol. The lowest BCUT2D eigenvalue weighted by molar-refractivity contribution is -0.149. The largest absolute Gasteiger partial charge is 0.508 e. The second kappa shape index (κ2) is 54.3. The summed E-state index contributed by atoms with van der Waals surface area (Å²) < 4.78 is 0.840. The summed E-state index contributed by atoms with van der Waals surface area (Å²) >= 11 is 2.14. The van der Waals surface area contributed by atoms with E-state index in [2.05, 4.69) is 73.4 Å². The van der Waals surface area contributed by atoms with E-state index in [-0.39, 0.29) is 134 Å². The molecule has 15 atom stereocenters. The summed E-state index contributed by atoms with van der Waals surface area (Å²) in [4.78, 5) is 268. The zero-order valence-electron chi connectivity index (χ0n) is 79.7. The summed E-state index contributed by atoms with van der Waals surface area (Å²) in [7, 11) is 3.96. The number of aromatic amines is 2. The Balaban J connectivity index is 1.12. The Kier molecular flexibility index (Phi) is 42.8. The number of carbonyl (C=O) groups excluding carboxylic acids is 16. The van der Waals surface area contributed by atoms with Crippen molar-refractivity contribution in [1.29, 1.82) is 5.41 Å². The first-order chi connectivity index (χ1) is 66.9. The van der Waals surface area contributed by atoms with Crippen LogP contribution in [0.5, 0.6) is 5.75 Å². The SMILES string of the molecule is CCCC[C@H]1C(=O)N(C)[C@@H](CCCC)C(=O)N[C@@H](CCCNC(=N)N)C(=O)N[C@H](C(=O)NCC(N)=O)CSCC(=O)N[C@@H](Cc2ccc(O)cc2)C(=O)N(C)[C@@H](C)C(=O)N[C@@H](CC(=O)O)C(=O)N2CCC[C@H]2C(=O)N[C@@H](Cc2c[nH]cn2)C(=O)N[C@@H](CCCCN)C(=O)N2C[C@H](O)C[C@H]2C(=O)N[C@@H](Cc2c[nH]c3ccccc23)C(=O)N[C@@H](CCCCN)C(=O)N[C@@H](Cc2csc3ccccc23)C(=O)N1C. The summed E-state index contributed by atoms with van der Waals surface area (Å²) in [5, 5.41) is 72.9. The Bertz CT molecular complexity index is 5310. The van der Waals surface area contributed by atoms with Gasteiger partial charge in [0, 0.05) is 107 Å². The number of unbranched alkanes of at least 4 members (excludes halogenated alkanes) is 4. The molecule has 16 amide bonds. The van der Waals surface area contributed by atoms with E-state index in [1.807, 2.05) is 43.5 Å². The average molecular weight is 1980 g/mol. The second-order valence-electron chi connectivity index (χ2n) is 35.5. The molecule has 0 unspecified atom stereocenters. The van der Waals surface area contributed by atoms with Crippen molar-refractivity contribution < 1.29 is 96.8 Å². The van der Waals surface area contributed by atoms with Gasteiger partial charge in [-0.15, -0.1) is 23.1 Å². The number of thiophene rings is 1. The first kappa shape index (κ1) is 110. The van der Waals surface area contributed by atoms with E-state index in [1.54, 1.807) is 30.5 Å². The number of rotatable bonds is 31. The van der Waals surface area contributed by atoms with Gasteiger partial charge >= 0.3 is 5.97 Å². The third-order valence-electron chi connectivity index (χ3n) is 25.2. The lowest BCUT2D eigenvalue weighted by Gasteiger charge is -2.36. The molecule has 9 rings (SSSR count). The predicted octanol–water partition coefficient (Wildman–Crippen LogP) is -1.38. The van der Waals surface area contributed by atoms with Crippen molar-refractivity contribution in [3.8, 4) is 5.75 Å². The molecule has 46 heteroatoms. The number of aliphatic hydroxyl groups excluding tert-OH is 1. The molecule has 44 nitrogen and oxygen atoms in total. The minimum atomic E-state index is -1.91. The van der Waals surface area contributed by atoms with Crippen LogP contribution in [0.4, 0.5) is 0 Å². The van der Waals surface area contributed by atoms with Gasteiger partial charge in [0.15, 0.2) is 5.96 Å². The molecular weight excluding hydrogens is 1850 g/mol. The number of phenolic OH excluding ortho intramolecular Hbond substituents is 1. The number of thioether (sulfide) groups is 1. The number of guanidine groups is 1. The molecule has 3 aliphatic rings. The summed E-state index contributed by atoms with van der Waals surface area (Å²) in [5.74, 6) is -17.9. The highest BCUT2D eigenvalue weighted by molar-refractivity contribution is 8.00. The average Bonchev–Trinajstić information content (AvgIpc) is 1.61. The number of fused-ring (bicyclic) bond motifs is 4. The maximum Gasteiger partial charge on any atom is 0.305 e. The smallest absolute Gasteiger partial charge is 0.305 e. The number of carbonyl (C=O) groups is 17. The number of primary amides is 1. The fourth-order valence-corrected chi connectivity index (χ4v) is 19.1. The molecule has 0 radical (unpaired) electrons. The molecular formula is C94H134N24O20S2. The van der Waals surface area contributed by atoms with Crippen LogP contribution in [-0.4, -0.2) is 324 Å². The van der Waals surface area contributed by atoms with Crippen LogP contribution in [0.1, 0.15) is 159 Å². The number of phenols is 1. The molecule has 140 heavy (non-hydrogen) atoms. The predicted molar refractivity (Wildman–Crippen MR) is 521 cm³/mol. The number of hydrogen-bond donors (Lipinski definition) is 21. The molecule has 3 aromatic carbocycles. The zero-order valence-corrected chi connectivity index (χ0v) is 81.3. The van der Waals surface area contributed by atoms with Gasteiger partial charge in [-0.2, -0.15) is 0 Å². The lowest BCUT2D eigenvalue weighted by atomic mass is 9.99. The van der Waals surface area contributed by atoms with Crippen molar-refractivity contribution in [1.82, 2.24) is 97.9 Å². The minimum absolute atomic E-state index is 0.00695. The minimum Gasteiger partial charge on any atom is -0.508 e. The molecule has 0 bridgehead atoms. The Morgan fingerprint density at radius 3 is 1.75 bits per heavy atom. The summed E-state index contributed by atoms with van der Waals surface area (Å²) in [6.07, 6.45) is 3.08. The number of amides is 16. The Morgan fingerprint density at radius 2 is 1.10 bits per heavy atom. The van der Waals surface area contributed by atoms with E-state index in [4.69, 9.17) is 28.3 Å². The molecule has 0 spiro atoms. The van der Waals surface area contributed by atoms with Gasteiger partial charge in [-0.3, -0.25) is 86.9 Å². The van der Waals surface area contributed by atoms with Crippen molar-refractivity contribution in [2.45, 2.75) is 253 Å². The molecule has 0 aliphatic carbocycles. The van der Waals surface area contributed by atoms with Gasteiger partial charge in [0.25, 0.3) is 0 Å². The standard InChI is InChI=1S/C94H134N24O20S2/c1-7-9-27-72-86(131)107-64(26-19-37-101-94(98)99)83(128)113-71(81(126)103-47-77(97)121)50-139-51-78(122)105-68(39-54-31-33-58(119)34-32-54)89(134)114(4)53(3)80(125)111-70(44-79(123)124)92(137)117-38-20-29-73(117)87(132)110-67(42-57-46-100-52-104-57)85(130)108-65(25-16-18-36-96)91(136)118-48-59(120)43-75(118)88(133)109-66(40-55-45-102-62-23-13-11-21-60(55)62)84(129)106-63(24-15-17-35-95)82(127)112-69(41-56-49-140-76-30-14-12-22-61(56)76)90(135)116(6)74(28-10-8-2)93(138)115(72)5/h11-14,21-23,30-34,45-46,49,52-53,59,63-75,102,119-120H,7-10,15-20,24-29,35-44,47-48,50-51,95-96H2,1-6H3,(H2,97,121)(H,100,104)(H,103,126)(H,105,122)(H,106,129)(H,107,131)(H,108,130)(H,109,133)(H,110,132)(H,111,125)(H,112,127)(H,113,128)(H,123,124)(H4,98,99,101)/t53-,59+,63-,64-,65-,66-,67-,68-,69-,70-,71-,72-,73-,74-,75-/m0/s1. The van der Waals surface area contributed by atoms with Crippen LogP contribution in [0.3, 0.4) is 0 Å². The zero-order chi connectivity index (χ0) is 102. The second-order valence-corrected chi connectivity index (χ2v) is 37.5. The molecule has 25 N–H and O–H groups in total. The van der Waals surface area contributed by atoms with Crippen LogP contribution >= 0.6 is 23.1 Å². The van der Waals surface area contributed by atoms with Crippen LogP contribution in [0, 0.1) is 5.41 Å². The maximum absolute atomic E-state index is 16.0. The first-order valence-corrected chi connectivity index (χ1v) is 49.4. The number of nitrogens with two attached hydrogens (primary N) is 4. The fourth-order valence-electron chi connectivity index (χ4n) is 17.3. The number of H-pyrrole nitrogens is 2. The molecule has 6 aromatic rings. The van der Waals surface area contributed by atoms with Crippen molar-refractivity contribution in [2.24, 2.45) is 22.9 Å². The molecule has 3 saturated heterocycles. The van der Waals surface area contributed by atoms with Gasteiger partial charge in [-0.1, -0.05) is 88.1 Å². The van der Waals surface area contributed by atoms with Gasteiger partial charge in [0.05, 0.1) is 36.8 Å². The number of aliphatic hydroxyl groups is 1. The van der Waals surface area contributed by atoms with E-state index in [0.717, 1.165) is 36.5 Å². The number of nitrogens with one attached hydrogen (secondary N) is 14. The number of likely N-dealkylation sites (N-methyl/N-ethyl adjacent to an activating group) is 3. The number of aromatic hydroxyl groups is 1. The van der Waals surface area contributed by atoms with Gasteiger partial charge in [0.1, 0.15) is 90.3 Å². The molecule has 0 saturated carbocycles. The number of nitrogens with zero attached hydrogens (tertiary/aromatic N) is 6. The topological polar surface area (TPSA) is 672 Å². The number of carboxylic acids is 1. The highest BCUT2D eigenvalue weighted by atomic mass is 32.2. The number of carboxylic acid groups (broad SMARTS) is 1. The van der Waals surface area contributed by atoms with Crippen LogP contribution in [0.25, 0.3) is 21.0 Å². The van der Waals surface area contributed by atoms with E-state index < -0.39 is 228 Å². The van der Waals surface area contributed by atoms with Gasteiger partial charge in [-0.05, 0) is 149 Å². The van der Waals surface area contributed by atoms with Crippen LogP contribution in [0.2, 0.25) is 0 Å². The van der Waals surface area contributed by atoms with Crippen molar-refractivity contribution in [2.75, 3.05) is 71.9 Å². The third-order valence-corrected chi connectivity index (χ3v) is 27.2. The Morgan fingerprint density at radius 1 is 0.543 bits per heavy atom. The highest BCUT2D eigenvalue weighted by Crippen LogP contribution is 2.30. The number of imidazole rings is 1. The fraction of sp³-hybridized carbons (Fsp3) is 0.543. The molecule has 6 heterocycles. The maximum atomic E-state index is 16.0.